The molecule has 1 heterocycles. The summed E-state index contributed by atoms with van der Waals surface area (Å²) in [5.41, 5.74) is -0.0699. The molecule has 78 valence electrons. The first-order valence-corrected chi connectivity index (χ1v) is 5.76. The van der Waals surface area contributed by atoms with Gasteiger partial charge in [-0.3, -0.25) is 4.57 Å². The topological polar surface area (TPSA) is 62.7 Å². The first kappa shape index (κ1) is 9.79. The molecule has 0 unspecified atom stereocenters. The first-order chi connectivity index (χ1) is 6.83. The monoisotopic (exact) mass is 214 g/mol. The van der Waals surface area contributed by atoms with Crippen molar-refractivity contribution in [3.8, 4) is 0 Å². The van der Waals surface area contributed by atoms with Gasteiger partial charge >= 0.3 is 5.69 Å². The van der Waals surface area contributed by atoms with Crippen molar-refractivity contribution in [2.24, 2.45) is 0 Å². The van der Waals surface area contributed by atoms with E-state index in [-0.39, 0.29) is 5.69 Å². The second-order valence-electron chi connectivity index (χ2n) is 3.36. The quantitative estimate of drug-likeness (QED) is 0.543. The van der Waals surface area contributed by atoms with Gasteiger partial charge in [0.25, 0.3) is 0 Å². The Morgan fingerprint density at radius 1 is 1.71 bits per heavy atom. The van der Waals surface area contributed by atoms with E-state index in [1.54, 1.807) is 16.3 Å². The largest absolute Gasteiger partial charge is 0.344 e. The number of hydrogen-bond donors (Lipinski definition) is 2. The number of nitrogens with zero attached hydrogens (tertiary/aromatic N) is 2. The van der Waals surface area contributed by atoms with Crippen LogP contribution >= 0.6 is 11.8 Å². The highest BCUT2D eigenvalue weighted by Crippen LogP contribution is 2.35. The molecular formula is C8H14N4OS. The average Bonchev–Trinajstić information content (AvgIpc) is 2.93. The summed E-state index contributed by atoms with van der Waals surface area (Å²) < 4.78 is 1.78. The van der Waals surface area contributed by atoms with Crippen molar-refractivity contribution in [2.45, 2.75) is 24.0 Å². The molecule has 1 aliphatic carbocycles. The summed E-state index contributed by atoms with van der Waals surface area (Å²) in [5, 5.41) is 10.4. The predicted molar refractivity (Wildman–Crippen MR) is 55.8 cm³/mol. The third-order valence-electron chi connectivity index (χ3n) is 2.17. The van der Waals surface area contributed by atoms with Gasteiger partial charge in [0.05, 0.1) is 0 Å². The molecule has 0 bridgehead atoms. The Hall–Kier alpha value is -0.750. The molecule has 0 spiro atoms. The summed E-state index contributed by atoms with van der Waals surface area (Å²) in [4.78, 5) is 11.4. The van der Waals surface area contributed by atoms with Crippen molar-refractivity contribution in [1.29, 1.82) is 0 Å². The van der Waals surface area contributed by atoms with E-state index in [0.29, 0.717) is 6.04 Å². The van der Waals surface area contributed by atoms with Gasteiger partial charge in [0.2, 0.25) is 0 Å². The van der Waals surface area contributed by atoms with E-state index in [2.05, 4.69) is 15.5 Å². The second-order valence-corrected chi connectivity index (χ2v) is 4.43. The lowest BCUT2D eigenvalue weighted by Gasteiger charge is -2.02. The van der Waals surface area contributed by atoms with Crippen molar-refractivity contribution in [2.75, 3.05) is 19.3 Å². The maximum Gasteiger partial charge on any atom is 0.344 e. The summed E-state index contributed by atoms with van der Waals surface area (Å²) in [6, 6.07) is 0.401. The predicted octanol–water partition coefficient (Wildman–Crippen LogP) is 0.218. The van der Waals surface area contributed by atoms with E-state index in [1.807, 2.05) is 7.05 Å². The van der Waals surface area contributed by atoms with Gasteiger partial charge in [-0.15, -0.1) is 5.10 Å². The van der Waals surface area contributed by atoms with Crippen LogP contribution < -0.4 is 11.0 Å². The van der Waals surface area contributed by atoms with Crippen molar-refractivity contribution in [3.05, 3.63) is 10.5 Å². The van der Waals surface area contributed by atoms with Gasteiger partial charge in [-0.25, -0.2) is 9.89 Å². The van der Waals surface area contributed by atoms with E-state index in [1.165, 1.54) is 0 Å². The average molecular weight is 214 g/mol. The highest BCUT2D eigenvalue weighted by Gasteiger charge is 2.28. The Balaban J connectivity index is 2.05. The molecule has 0 amide bonds. The van der Waals surface area contributed by atoms with Crippen LogP contribution in [-0.4, -0.2) is 34.1 Å². The number of rotatable bonds is 5. The fraction of sp³-hybridized carbons (Fsp3) is 0.750. The van der Waals surface area contributed by atoms with E-state index in [0.717, 1.165) is 30.3 Å². The molecule has 0 atom stereocenters. The van der Waals surface area contributed by atoms with Crippen LogP contribution in [0, 0.1) is 0 Å². The molecule has 5 nitrogen and oxygen atoms in total. The third-order valence-corrected chi connectivity index (χ3v) is 3.12. The smallest absolute Gasteiger partial charge is 0.319 e. The Labute approximate surface area is 86.3 Å². The molecule has 0 aliphatic heterocycles. The van der Waals surface area contributed by atoms with Crippen LogP contribution in [0.4, 0.5) is 0 Å². The third kappa shape index (κ3) is 2.01. The zero-order valence-electron chi connectivity index (χ0n) is 8.12. The zero-order valence-corrected chi connectivity index (χ0v) is 8.93. The highest BCUT2D eigenvalue weighted by molar-refractivity contribution is 7.99. The molecule has 1 aromatic rings. The lowest BCUT2D eigenvalue weighted by Crippen LogP contribution is -2.16. The molecule has 6 heteroatoms. The van der Waals surface area contributed by atoms with Gasteiger partial charge in [0, 0.05) is 18.3 Å². The lowest BCUT2D eigenvalue weighted by atomic mass is 10.7. The second kappa shape index (κ2) is 4.18. The normalized spacial score (nSPS) is 16.1. The molecule has 1 saturated carbocycles. The fourth-order valence-electron chi connectivity index (χ4n) is 1.29. The zero-order chi connectivity index (χ0) is 9.97. The van der Waals surface area contributed by atoms with Crippen LogP contribution in [0.2, 0.25) is 0 Å². The van der Waals surface area contributed by atoms with Crippen molar-refractivity contribution in [1.82, 2.24) is 20.1 Å². The summed E-state index contributed by atoms with van der Waals surface area (Å²) in [5.74, 6) is 0.938. The molecule has 0 aromatic carbocycles. The molecule has 1 aromatic heterocycles. The van der Waals surface area contributed by atoms with Gasteiger partial charge in [0.15, 0.2) is 5.16 Å². The van der Waals surface area contributed by atoms with E-state index >= 15 is 0 Å². The summed E-state index contributed by atoms with van der Waals surface area (Å²) in [6.45, 7) is 0.927. The molecule has 0 radical (unpaired) electrons. The summed E-state index contributed by atoms with van der Waals surface area (Å²) in [7, 11) is 1.92. The maximum absolute atomic E-state index is 11.4. The van der Waals surface area contributed by atoms with Crippen molar-refractivity contribution < 1.29 is 0 Å². The Bertz CT molecular complexity index is 354. The van der Waals surface area contributed by atoms with Gasteiger partial charge in [-0.2, -0.15) is 0 Å². The number of H-pyrrole nitrogens is 1. The number of nitrogens with one attached hydrogen (secondary N) is 2. The van der Waals surface area contributed by atoms with E-state index in [9.17, 15) is 4.79 Å². The lowest BCUT2D eigenvalue weighted by molar-refractivity contribution is 0.642. The number of thioether (sulfide) groups is 1. The molecule has 2 rings (SSSR count). The number of aromatic amines is 1. The molecule has 1 aliphatic rings. The van der Waals surface area contributed by atoms with Crippen LogP contribution in [0.1, 0.15) is 18.9 Å². The van der Waals surface area contributed by atoms with Gasteiger partial charge < -0.3 is 5.32 Å². The maximum atomic E-state index is 11.4. The number of hydrogen-bond acceptors (Lipinski definition) is 4. The van der Waals surface area contributed by atoms with Gasteiger partial charge in [0.1, 0.15) is 0 Å². The molecular weight excluding hydrogens is 200 g/mol. The SMILES string of the molecule is CNCCSc1n[nH]c(=O)n1C1CC1. The minimum atomic E-state index is -0.0699. The van der Waals surface area contributed by atoms with Crippen molar-refractivity contribution in [3.63, 3.8) is 0 Å². The Morgan fingerprint density at radius 2 is 2.50 bits per heavy atom. The first-order valence-electron chi connectivity index (χ1n) is 4.77. The Morgan fingerprint density at radius 3 is 3.14 bits per heavy atom. The number of aromatic nitrogens is 3. The highest BCUT2D eigenvalue weighted by atomic mass is 32.2. The minimum absolute atomic E-state index is 0.0699. The van der Waals surface area contributed by atoms with Crippen molar-refractivity contribution >= 4 is 11.8 Å². The van der Waals surface area contributed by atoms with Crippen LogP contribution in [0.25, 0.3) is 0 Å². The minimum Gasteiger partial charge on any atom is -0.319 e. The molecule has 0 saturated heterocycles. The Kier molecular flexibility index (Phi) is 2.93. The van der Waals surface area contributed by atoms with E-state index < -0.39 is 0 Å². The molecule has 1 fully saturated rings. The van der Waals surface area contributed by atoms with Gasteiger partial charge in [-0.05, 0) is 19.9 Å². The standard InChI is InChI=1S/C8H14N4OS/c1-9-4-5-14-8-11-10-7(13)12(8)6-2-3-6/h6,9H,2-5H2,1H3,(H,10,13). The van der Waals surface area contributed by atoms with Crippen LogP contribution in [0.5, 0.6) is 0 Å². The fourth-order valence-corrected chi connectivity index (χ4v) is 2.26. The summed E-state index contributed by atoms with van der Waals surface area (Å²) in [6.07, 6.45) is 2.22. The molecule has 2 N–H and O–H groups in total. The van der Waals surface area contributed by atoms with Crippen LogP contribution in [-0.2, 0) is 0 Å². The van der Waals surface area contributed by atoms with E-state index in [4.69, 9.17) is 0 Å². The van der Waals surface area contributed by atoms with Crippen LogP contribution in [0.3, 0.4) is 0 Å². The molecule has 14 heavy (non-hydrogen) atoms. The summed E-state index contributed by atoms with van der Waals surface area (Å²) >= 11 is 1.62. The van der Waals surface area contributed by atoms with Gasteiger partial charge in [-0.1, -0.05) is 11.8 Å². The van der Waals surface area contributed by atoms with Crippen LogP contribution in [0.15, 0.2) is 9.95 Å².